The lowest BCUT2D eigenvalue weighted by Crippen LogP contribution is -2.22. The van der Waals surface area contributed by atoms with E-state index < -0.39 is 11.2 Å². The van der Waals surface area contributed by atoms with Gasteiger partial charge in [0, 0.05) is 10.6 Å². The molecule has 0 aliphatic carbocycles. The molecular formula is C17H16ClFN2O2. The fraction of sp³-hybridized carbons (Fsp3) is 0.176. The molecule has 1 aromatic heterocycles. The zero-order valence-corrected chi connectivity index (χ0v) is 13.7. The number of benzene rings is 2. The summed E-state index contributed by atoms with van der Waals surface area (Å²) in [5.74, 6) is -0.349. The van der Waals surface area contributed by atoms with E-state index in [1.165, 1.54) is 18.2 Å². The summed E-state index contributed by atoms with van der Waals surface area (Å²) >= 11 is 6.26. The predicted molar refractivity (Wildman–Crippen MR) is 91.7 cm³/mol. The molecule has 0 saturated carbocycles. The van der Waals surface area contributed by atoms with Crippen LogP contribution in [0.25, 0.3) is 22.0 Å². The minimum absolute atomic E-state index is 0.308. The molecule has 0 fully saturated rings. The van der Waals surface area contributed by atoms with Gasteiger partial charge in [-0.05, 0) is 36.2 Å². The van der Waals surface area contributed by atoms with Crippen LogP contribution in [0, 0.1) is 12.7 Å². The van der Waals surface area contributed by atoms with Gasteiger partial charge in [0.05, 0.1) is 10.9 Å². The van der Waals surface area contributed by atoms with Gasteiger partial charge in [0.2, 0.25) is 0 Å². The summed E-state index contributed by atoms with van der Waals surface area (Å²) in [5.41, 5.74) is 1.37. The maximum atomic E-state index is 13.0. The number of rotatable bonds is 1. The molecule has 0 aliphatic heterocycles. The second kappa shape index (κ2) is 6.79. The number of aromatic nitrogens is 2. The molecule has 2 aromatic carbocycles. The van der Waals surface area contributed by atoms with E-state index in [9.17, 15) is 14.0 Å². The maximum absolute atomic E-state index is 13.0. The van der Waals surface area contributed by atoms with Crippen molar-refractivity contribution in [2.24, 2.45) is 0 Å². The van der Waals surface area contributed by atoms with E-state index >= 15 is 0 Å². The predicted octanol–water partition coefficient (Wildman–Crippen LogP) is 4.01. The fourth-order valence-corrected chi connectivity index (χ4v) is 2.76. The summed E-state index contributed by atoms with van der Waals surface area (Å²) in [7, 11) is 0. The summed E-state index contributed by atoms with van der Waals surface area (Å²) in [5, 5.41) is 0.673. The molecule has 0 spiro atoms. The standard InChI is InChI=1S/C15H10ClFN2O2.C2H6/c1-7-12(8-2-4-9(17)5-3-8)11(16)6-10-13(7)18-15(21)19-14(10)20;1-2/h2-6H,1H3,(H2,18,19,20,21);1-2H3. The first-order valence-electron chi connectivity index (χ1n) is 7.18. The van der Waals surface area contributed by atoms with Crippen LogP contribution in [0.5, 0.6) is 0 Å². The van der Waals surface area contributed by atoms with E-state index in [0.717, 1.165) is 0 Å². The number of nitrogens with one attached hydrogen (secondary N) is 2. The first-order valence-corrected chi connectivity index (χ1v) is 7.56. The third kappa shape index (κ3) is 3.19. The van der Waals surface area contributed by atoms with Gasteiger partial charge in [-0.2, -0.15) is 0 Å². The van der Waals surface area contributed by atoms with E-state index in [2.05, 4.69) is 9.97 Å². The van der Waals surface area contributed by atoms with Gasteiger partial charge >= 0.3 is 5.69 Å². The third-order valence-corrected chi connectivity index (χ3v) is 3.67. The Hall–Kier alpha value is -2.40. The molecular weight excluding hydrogens is 319 g/mol. The minimum atomic E-state index is -0.581. The van der Waals surface area contributed by atoms with E-state index in [1.54, 1.807) is 19.1 Å². The highest BCUT2D eigenvalue weighted by atomic mass is 35.5. The lowest BCUT2D eigenvalue weighted by Gasteiger charge is -2.11. The van der Waals surface area contributed by atoms with Crippen molar-refractivity contribution >= 4 is 22.5 Å². The Morgan fingerprint density at radius 3 is 2.26 bits per heavy atom. The number of H-pyrrole nitrogens is 2. The molecule has 0 atom stereocenters. The highest BCUT2D eigenvalue weighted by Crippen LogP contribution is 2.34. The quantitative estimate of drug-likeness (QED) is 0.706. The maximum Gasteiger partial charge on any atom is 0.326 e. The average Bonchev–Trinajstić information content (AvgIpc) is 2.53. The number of aryl methyl sites for hydroxylation is 1. The molecule has 0 bridgehead atoms. The van der Waals surface area contributed by atoms with E-state index in [0.29, 0.717) is 32.6 Å². The van der Waals surface area contributed by atoms with Crippen molar-refractivity contribution in [3.05, 3.63) is 67.6 Å². The topological polar surface area (TPSA) is 65.7 Å². The van der Waals surface area contributed by atoms with Crippen molar-refractivity contribution < 1.29 is 4.39 Å². The molecule has 0 saturated heterocycles. The lowest BCUT2D eigenvalue weighted by molar-refractivity contribution is 0.628. The summed E-state index contributed by atoms with van der Waals surface area (Å²) in [4.78, 5) is 28.0. The number of fused-ring (bicyclic) bond motifs is 1. The van der Waals surface area contributed by atoms with Gasteiger partial charge in [-0.25, -0.2) is 9.18 Å². The van der Waals surface area contributed by atoms with Gasteiger partial charge in [0.25, 0.3) is 5.56 Å². The molecule has 2 N–H and O–H groups in total. The Kier molecular flexibility index (Phi) is 5.01. The molecule has 0 radical (unpaired) electrons. The third-order valence-electron chi connectivity index (χ3n) is 3.37. The van der Waals surface area contributed by atoms with Gasteiger partial charge in [-0.3, -0.25) is 9.78 Å². The van der Waals surface area contributed by atoms with Crippen LogP contribution < -0.4 is 11.2 Å². The van der Waals surface area contributed by atoms with Crippen LogP contribution in [0.3, 0.4) is 0 Å². The van der Waals surface area contributed by atoms with Crippen molar-refractivity contribution in [3.8, 4) is 11.1 Å². The molecule has 1 heterocycles. The Bertz CT molecular complexity index is 959. The molecule has 3 rings (SSSR count). The molecule has 120 valence electrons. The zero-order valence-electron chi connectivity index (χ0n) is 13.0. The van der Waals surface area contributed by atoms with Crippen molar-refractivity contribution in [2.75, 3.05) is 0 Å². The summed E-state index contributed by atoms with van der Waals surface area (Å²) < 4.78 is 13.0. The average molecular weight is 335 g/mol. The fourth-order valence-electron chi connectivity index (χ4n) is 2.40. The number of hydrogen-bond acceptors (Lipinski definition) is 2. The summed E-state index contributed by atoms with van der Waals surface area (Å²) in [6.45, 7) is 5.75. The highest BCUT2D eigenvalue weighted by Gasteiger charge is 2.14. The second-order valence-corrected chi connectivity index (χ2v) is 5.10. The molecule has 0 amide bonds. The summed E-state index contributed by atoms with van der Waals surface area (Å²) in [6, 6.07) is 7.35. The monoisotopic (exact) mass is 334 g/mol. The smallest absolute Gasteiger partial charge is 0.307 e. The van der Waals surface area contributed by atoms with Crippen molar-refractivity contribution in [1.82, 2.24) is 9.97 Å². The van der Waals surface area contributed by atoms with Gasteiger partial charge in [-0.1, -0.05) is 37.6 Å². The van der Waals surface area contributed by atoms with Crippen LogP contribution in [0.1, 0.15) is 19.4 Å². The number of aromatic amines is 2. The molecule has 0 unspecified atom stereocenters. The molecule has 4 nitrogen and oxygen atoms in total. The summed E-state index contributed by atoms with van der Waals surface area (Å²) in [6.07, 6.45) is 0. The van der Waals surface area contributed by atoms with Gasteiger partial charge < -0.3 is 4.98 Å². The van der Waals surface area contributed by atoms with Gasteiger partial charge in [0.1, 0.15) is 5.82 Å². The molecule has 6 heteroatoms. The Morgan fingerprint density at radius 2 is 1.65 bits per heavy atom. The molecule has 23 heavy (non-hydrogen) atoms. The molecule has 0 aliphatic rings. The van der Waals surface area contributed by atoms with E-state index in [-0.39, 0.29) is 5.82 Å². The minimum Gasteiger partial charge on any atom is -0.307 e. The van der Waals surface area contributed by atoms with E-state index in [4.69, 9.17) is 11.6 Å². The Morgan fingerprint density at radius 1 is 1.04 bits per heavy atom. The van der Waals surface area contributed by atoms with Crippen LogP contribution in [0.4, 0.5) is 4.39 Å². The molecule has 3 aromatic rings. The zero-order chi connectivity index (χ0) is 17.1. The SMILES string of the molecule is CC.Cc1c(-c2ccc(F)cc2)c(Cl)cc2c(=O)[nH]c(=O)[nH]c12. The Balaban J connectivity index is 0.000000924. The van der Waals surface area contributed by atoms with Crippen LogP contribution in [-0.4, -0.2) is 9.97 Å². The van der Waals surface area contributed by atoms with Crippen LogP contribution >= 0.6 is 11.6 Å². The van der Waals surface area contributed by atoms with Crippen LogP contribution in [0.15, 0.2) is 39.9 Å². The first-order chi connectivity index (χ1) is 11.0. The van der Waals surface area contributed by atoms with Crippen molar-refractivity contribution in [3.63, 3.8) is 0 Å². The normalized spacial score (nSPS) is 10.3. The number of halogens is 2. The first kappa shape index (κ1) is 17.0. The highest BCUT2D eigenvalue weighted by molar-refractivity contribution is 6.34. The van der Waals surface area contributed by atoms with Gasteiger partial charge in [0.15, 0.2) is 0 Å². The largest absolute Gasteiger partial charge is 0.326 e. The number of hydrogen-bond donors (Lipinski definition) is 2. The second-order valence-electron chi connectivity index (χ2n) is 4.70. The lowest BCUT2D eigenvalue weighted by atomic mass is 9.98. The van der Waals surface area contributed by atoms with E-state index in [1.807, 2.05) is 13.8 Å². The van der Waals surface area contributed by atoms with Crippen LogP contribution in [0.2, 0.25) is 5.02 Å². The Labute approximate surface area is 137 Å². The van der Waals surface area contributed by atoms with Crippen molar-refractivity contribution in [2.45, 2.75) is 20.8 Å². The van der Waals surface area contributed by atoms with Gasteiger partial charge in [-0.15, -0.1) is 0 Å². The van der Waals surface area contributed by atoms with Crippen molar-refractivity contribution in [1.29, 1.82) is 0 Å². The van der Waals surface area contributed by atoms with Crippen LogP contribution in [-0.2, 0) is 0 Å².